The average Bonchev–Trinajstić information content (AvgIpc) is 3.16. The van der Waals surface area contributed by atoms with Gasteiger partial charge in [0.05, 0.1) is 6.10 Å². The first-order valence-electron chi connectivity index (χ1n) is 15.0. The molecule has 242 valence electrons. The van der Waals surface area contributed by atoms with Crippen LogP contribution in [0.1, 0.15) is 74.1 Å². The minimum Gasteiger partial charge on any atom is -0.458 e. The maximum Gasteiger partial charge on any atom is 0.306 e. The quantitative estimate of drug-likeness (QED) is 0.314. The first kappa shape index (κ1) is 33.5. The predicted molar refractivity (Wildman–Crippen MR) is 150 cm³/mol. The molecule has 10 atom stereocenters. The van der Waals surface area contributed by atoms with Gasteiger partial charge in [-0.1, -0.05) is 33.8 Å². The summed E-state index contributed by atoms with van der Waals surface area (Å²) in [6.07, 6.45) is -1.49. The summed E-state index contributed by atoms with van der Waals surface area (Å²) in [7, 11) is 0. The number of allylic oxidation sites excluding steroid dienone is 3. The highest BCUT2D eigenvalue weighted by atomic mass is 19.1. The van der Waals surface area contributed by atoms with Crippen molar-refractivity contribution in [3.63, 3.8) is 0 Å². The molecule has 4 aliphatic rings. The standard InChI is InChI=1S/C32H41FO11/c1-8-24(39)41-15-23(38)32(44-25(40)9-2)16(3)12-20-26-28(43-18(5)35)27(42-17(4)34)21-13-19(36)10-11-29(21,6)31(26,33)22(37)14-30(20,32)7/h10-11,13,16,20,22,26-28,37H,8-9,12,14-15H2,1-7H3/t16-,20-,22-,26+,27-,28+,29-,30-,31+,32-/m0/s1. The number of ketones is 2. The Bertz CT molecular complexity index is 1340. The van der Waals surface area contributed by atoms with Crippen LogP contribution in [0.15, 0.2) is 23.8 Å². The van der Waals surface area contributed by atoms with Crippen molar-refractivity contribution in [3.05, 3.63) is 23.8 Å². The molecule has 3 fully saturated rings. The van der Waals surface area contributed by atoms with Gasteiger partial charge in [0, 0.05) is 49.4 Å². The van der Waals surface area contributed by atoms with Gasteiger partial charge in [-0.05, 0) is 43.4 Å². The van der Waals surface area contributed by atoms with Gasteiger partial charge >= 0.3 is 23.9 Å². The molecule has 0 amide bonds. The van der Waals surface area contributed by atoms with E-state index in [0.29, 0.717) is 0 Å². The largest absolute Gasteiger partial charge is 0.458 e. The van der Waals surface area contributed by atoms with Crippen LogP contribution in [0.5, 0.6) is 0 Å². The molecule has 11 nitrogen and oxygen atoms in total. The van der Waals surface area contributed by atoms with Gasteiger partial charge < -0.3 is 24.1 Å². The molecule has 1 N–H and O–H groups in total. The Labute approximate surface area is 255 Å². The van der Waals surface area contributed by atoms with Crippen molar-refractivity contribution in [1.82, 2.24) is 0 Å². The molecule has 0 aromatic heterocycles. The number of carbonyl (C=O) groups is 6. The molecular weight excluding hydrogens is 579 g/mol. The Kier molecular flexibility index (Phi) is 8.75. The molecule has 0 aromatic rings. The van der Waals surface area contributed by atoms with Crippen LogP contribution in [0, 0.1) is 28.6 Å². The third kappa shape index (κ3) is 4.71. The van der Waals surface area contributed by atoms with Gasteiger partial charge in [-0.2, -0.15) is 0 Å². The minimum absolute atomic E-state index is 0.00168. The lowest BCUT2D eigenvalue weighted by Gasteiger charge is -2.65. The maximum atomic E-state index is 18.2. The Morgan fingerprint density at radius 2 is 1.64 bits per heavy atom. The number of carbonyl (C=O) groups excluding carboxylic acids is 6. The minimum atomic E-state index is -2.60. The molecule has 44 heavy (non-hydrogen) atoms. The fourth-order valence-electron chi connectivity index (χ4n) is 8.62. The molecule has 0 bridgehead atoms. The van der Waals surface area contributed by atoms with Crippen LogP contribution in [0.25, 0.3) is 0 Å². The summed E-state index contributed by atoms with van der Waals surface area (Å²) in [5.41, 5.74) is -7.67. The zero-order valence-electron chi connectivity index (χ0n) is 26.1. The van der Waals surface area contributed by atoms with E-state index in [0.717, 1.165) is 19.9 Å². The van der Waals surface area contributed by atoms with Crippen LogP contribution >= 0.6 is 0 Å². The van der Waals surface area contributed by atoms with Crippen LogP contribution in [-0.2, 0) is 47.7 Å². The summed E-state index contributed by atoms with van der Waals surface area (Å²) in [5, 5.41) is 11.9. The Morgan fingerprint density at radius 3 is 2.20 bits per heavy atom. The average molecular weight is 621 g/mol. The van der Waals surface area contributed by atoms with E-state index in [9.17, 15) is 33.9 Å². The zero-order valence-corrected chi connectivity index (χ0v) is 26.1. The van der Waals surface area contributed by atoms with Crippen molar-refractivity contribution in [2.45, 2.75) is 104 Å². The number of aliphatic hydroxyl groups is 1. The van der Waals surface area contributed by atoms with E-state index in [-0.39, 0.29) is 31.3 Å². The number of esters is 4. The smallest absolute Gasteiger partial charge is 0.306 e. The molecule has 0 saturated heterocycles. The summed E-state index contributed by atoms with van der Waals surface area (Å²) in [5.74, 6) is -7.24. The predicted octanol–water partition coefficient (Wildman–Crippen LogP) is 2.90. The van der Waals surface area contributed by atoms with Crippen LogP contribution in [-0.4, -0.2) is 76.7 Å². The van der Waals surface area contributed by atoms with E-state index < -0.39 is 100 Å². The first-order chi connectivity index (χ1) is 20.4. The summed E-state index contributed by atoms with van der Waals surface area (Å²) >= 11 is 0. The molecule has 4 aliphatic carbocycles. The first-order valence-corrected chi connectivity index (χ1v) is 15.0. The number of Topliss-reactive ketones (excluding diaryl/α,β-unsaturated/α-hetero) is 1. The third-order valence-corrected chi connectivity index (χ3v) is 10.4. The van der Waals surface area contributed by atoms with Crippen molar-refractivity contribution in [2.75, 3.05) is 6.61 Å². The molecule has 0 spiro atoms. The second-order valence-corrected chi connectivity index (χ2v) is 12.8. The van der Waals surface area contributed by atoms with Crippen molar-refractivity contribution >= 4 is 35.4 Å². The topological polar surface area (TPSA) is 160 Å². The van der Waals surface area contributed by atoms with Gasteiger partial charge in [0.25, 0.3) is 0 Å². The van der Waals surface area contributed by atoms with Crippen LogP contribution < -0.4 is 0 Å². The molecule has 12 heteroatoms. The van der Waals surface area contributed by atoms with Crippen LogP contribution in [0.2, 0.25) is 0 Å². The van der Waals surface area contributed by atoms with Gasteiger partial charge in [0.15, 0.2) is 29.8 Å². The molecule has 0 unspecified atom stereocenters. The van der Waals surface area contributed by atoms with Gasteiger partial charge in [-0.25, -0.2) is 4.39 Å². The van der Waals surface area contributed by atoms with Gasteiger partial charge in [-0.3, -0.25) is 28.8 Å². The highest BCUT2D eigenvalue weighted by molar-refractivity contribution is 6.01. The molecular formula is C32H41FO11. The number of rotatable bonds is 8. The number of hydrogen-bond acceptors (Lipinski definition) is 11. The SMILES string of the molecule is CCC(=O)OCC(=O)[C@@]1(OC(=O)CC)[C@@H](C)C[C@H]2[C@@H]3[C@@H](OC(C)=O)[C@@H](OC(C)=O)C4=CC(=O)C=C[C@]4(C)[C@@]3(F)[C@@H](O)C[C@@]21C. The van der Waals surface area contributed by atoms with Crippen molar-refractivity contribution in [3.8, 4) is 0 Å². The van der Waals surface area contributed by atoms with Crippen LogP contribution in [0.4, 0.5) is 4.39 Å². The van der Waals surface area contributed by atoms with Gasteiger partial charge in [0.1, 0.15) is 6.10 Å². The molecule has 0 aromatic carbocycles. The van der Waals surface area contributed by atoms with Crippen LogP contribution in [0.3, 0.4) is 0 Å². The van der Waals surface area contributed by atoms with E-state index >= 15 is 4.39 Å². The lowest BCUT2D eigenvalue weighted by atomic mass is 9.43. The summed E-state index contributed by atoms with van der Waals surface area (Å²) in [6, 6.07) is 0. The van der Waals surface area contributed by atoms with E-state index in [1.807, 2.05) is 0 Å². The molecule has 0 heterocycles. The number of hydrogen-bond donors (Lipinski definition) is 1. The highest BCUT2D eigenvalue weighted by Crippen LogP contribution is 2.72. The number of ether oxygens (including phenoxy) is 4. The summed E-state index contributed by atoms with van der Waals surface area (Å²) in [6.45, 7) is 9.39. The number of halogens is 1. The number of aliphatic hydroxyl groups excluding tert-OH is 1. The second kappa shape index (κ2) is 11.5. The van der Waals surface area contributed by atoms with E-state index in [1.165, 1.54) is 19.1 Å². The summed E-state index contributed by atoms with van der Waals surface area (Å²) in [4.78, 5) is 76.5. The fraction of sp³-hybridized carbons (Fsp3) is 0.688. The molecule has 0 radical (unpaired) electrons. The summed E-state index contributed by atoms with van der Waals surface area (Å²) < 4.78 is 40.8. The maximum absolute atomic E-state index is 18.2. The van der Waals surface area contributed by atoms with E-state index in [2.05, 4.69) is 0 Å². The Morgan fingerprint density at radius 1 is 1.02 bits per heavy atom. The molecule has 0 aliphatic heterocycles. The van der Waals surface area contributed by atoms with Crippen molar-refractivity contribution in [1.29, 1.82) is 0 Å². The highest BCUT2D eigenvalue weighted by Gasteiger charge is 2.80. The molecule has 3 saturated carbocycles. The van der Waals surface area contributed by atoms with Crippen molar-refractivity contribution in [2.24, 2.45) is 28.6 Å². The molecule has 4 rings (SSSR count). The van der Waals surface area contributed by atoms with Gasteiger partial charge in [-0.15, -0.1) is 0 Å². The number of alkyl halides is 1. The Hall–Kier alpha value is -3.41. The van der Waals surface area contributed by atoms with E-state index in [1.54, 1.807) is 27.7 Å². The Balaban J connectivity index is 1.98. The monoisotopic (exact) mass is 620 g/mol. The lowest BCUT2D eigenvalue weighted by molar-refractivity contribution is -0.261. The lowest BCUT2D eigenvalue weighted by Crippen LogP contribution is -2.75. The van der Waals surface area contributed by atoms with E-state index in [4.69, 9.17) is 18.9 Å². The normalized spacial score (nSPS) is 40.5. The second-order valence-electron chi connectivity index (χ2n) is 12.8. The number of fused-ring (bicyclic) bond motifs is 5. The fourth-order valence-corrected chi connectivity index (χ4v) is 8.62. The van der Waals surface area contributed by atoms with Crippen molar-refractivity contribution < 1.29 is 57.2 Å². The zero-order chi connectivity index (χ0) is 33.0. The van der Waals surface area contributed by atoms with Gasteiger partial charge in [0.2, 0.25) is 5.78 Å². The third-order valence-electron chi connectivity index (χ3n) is 10.4.